The highest BCUT2D eigenvalue weighted by molar-refractivity contribution is 6.42. The number of rotatable bonds is 2. The Hall–Kier alpha value is -2.17. The Kier molecular flexibility index (Phi) is 3.96. The summed E-state index contributed by atoms with van der Waals surface area (Å²) < 4.78 is 11.0. The van der Waals surface area contributed by atoms with Crippen molar-refractivity contribution in [3.63, 3.8) is 0 Å². The molecule has 4 nitrogen and oxygen atoms in total. The van der Waals surface area contributed by atoms with Crippen LogP contribution in [0, 0.1) is 0 Å². The van der Waals surface area contributed by atoms with Crippen LogP contribution in [-0.2, 0) is 10.3 Å². The fourth-order valence-corrected chi connectivity index (χ4v) is 2.75. The Balaban J connectivity index is 2.15. The van der Waals surface area contributed by atoms with Gasteiger partial charge >= 0.3 is 6.16 Å². The molecule has 2 aromatic rings. The van der Waals surface area contributed by atoms with Crippen LogP contribution < -0.4 is 4.74 Å². The molecule has 0 saturated heterocycles. The number of halogens is 2. The van der Waals surface area contributed by atoms with Gasteiger partial charge in [-0.2, -0.15) is 0 Å². The fraction of sp³-hybridized carbons (Fsp3) is 0.118. The first-order valence-electron chi connectivity index (χ1n) is 6.76. The number of fused-ring (bicyclic) bond motifs is 1. The smallest absolute Gasteiger partial charge is 0.474 e. The van der Waals surface area contributed by atoms with Crippen molar-refractivity contribution in [2.45, 2.75) is 12.5 Å². The standard InChI is InChI=1S/C17H12Cl2O4/c1-17(11-6-7-12(18)13(19)9-11)15(22-16(20)21)8-10-4-2-3-5-14(10)23-17/h2-9H,1H3,(H,20,21). The minimum absolute atomic E-state index is 0.155. The molecule has 0 saturated carbocycles. The summed E-state index contributed by atoms with van der Waals surface area (Å²) in [5.41, 5.74) is 0.233. The first-order chi connectivity index (χ1) is 10.9. The number of benzene rings is 2. The summed E-state index contributed by atoms with van der Waals surface area (Å²) in [6.07, 6.45) is 0.237. The van der Waals surface area contributed by atoms with Crippen molar-refractivity contribution in [1.82, 2.24) is 0 Å². The SMILES string of the molecule is CC1(c2ccc(Cl)c(Cl)c2)Oc2ccccc2C=C1OC(=O)O. The van der Waals surface area contributed by atoms with Crippen LogP contribution in [0.5, 0.6) is 5.75 Å². The van der Waals surface area contributed by atoms with E-state index in [1.165, 1.54) is 0 Å². The average Bonchev–Trinajstić information content (AvgIpc) is 2.50. The van der Waals surface area contributed by atoms with Crippen molar-refractivity contribution in [1.29, 1.82) is 0 Å². The molecule has 0 bridgehead atoms. The average molecular weight is 351 g/mol. The van der Waals surface area contributed by atoms with Gasteiger partial charge < -0.3 is 14.6 Å². The van der Waals surface area contributed by atoms with Gasteiger partial charge in [-0.3, -0.25) is 0 Å². The molecule has 0 aliphatic carbocycles. The van der Waals surface area contributed by atoms with E-state index in [2.05, 4.69) is 0 Å². The third-order valence-corrected chi connectivity index (χ3v) is 4.40. The lowest BCUT2D eigenvalue weighted by atomic mass is 9.90. The zero-order chi connectivity index (χ0) is 16.6. The highest BCUT2D eigenvalue weighted by atomic mass is 35.5. The van der Waals surface area contributed by atoms with E-state index in [9.17, 15) is 4.79 Å². The highest BCUT2D eigenvalue weighted by Crippen LogP contribution is 2.43. The molecule has 1 atom stereocenters. The summed E-state index contributed by atoms with van der Waals surface area (Å²) in [4.78, 5) is 11.1. The fourth-order valence-electron chi connectivity index (χ4n) is 2.46. The van der Waals surface area contributed by atoms with Crippen LogP contribution in [0.4, 0.5) is 4.79 Å². The van der Waals surface area contributed by atoms with Crippen LogP contribution in [0.1, 0.15) is 18.1 Å². The second-order valence-corrected chi connectivity index (χ2v) is 5.99. The van der Waals surface area contributed by atoms with Gasteiger partial charge in [-0.25, -0.2) is 4.79 Å². The minimum Gasteiger partial charge on any atom is -0.474 e. The second-order valence-electron chi connectivity index (χ2n) is 5.18. The normalized spacial score (nSPS) is 19.3. The van der Waals surface area contributed by atoms with E-state index in [1.807, 2.05) is 18.2 Å². The van der Waals surface area contributed by atoms with Crippen LogP contribution in [0.2, 0.25) is 10.0 Å². The summed E-state index contributed by atoms with van der Waals surface area (Å²) >= 11 is 12.0. The Morgan fingerprint density at radius 3 is 2.61 bits per heavy atom. The molecule has 0 aromatic heterocycles. The molecule has 0 spiro atoms. The third-order valence-electron chi connectivity index (χ3n) is 3.66. The Labute approximate surface area is 142 Å². The molecule has 2 aromatic carbocycles. The summed E-state index contributed by atoms with van der Waals surface area (Å²) in [5.74, 6) is 0.779. The summed E-state index contributed by atoms with van der Waals surface area (Å²) in [6, 6.07) is 12.3. The molecule has 1 N–H and O–H groups in total. The number of hydrogen-bond acceptors (Lipinski definition) is 3. The summed E-state index contributed by atoms with van der Waals surface area (Å²) in [6.45, 7) is 1.72. The maximum atomic E-state index is 11.1. The maximum absolute atomic E-state index is 11.1. The van der Waals surface area contributed by atoms with Gasteiger partial charge in [0.2, 0.25) is 0 Å². The molecule has 0 fully saturated rings. The van der Waals surface area contributed by atoms with Gasteiger partial charge in [0.25, 0.3) is 0 Å². The largest absolute Gasteiger partial charge is 0.511 e. The Morgan fingerprint density at radius 1 is 1.17 bits per heavy atom. The number of ether oxygens (including phenoxy) is 2. The van der Waals surface area contributed by atoms with Crippen molar-refractivity contribution in [2.24, 2.45) is 0 Å². The Morgan fingerprint density at radius 2 is 1.91 bits per heavy atom. The van der Waals surface area contributed by atoms with E-state index in [4.69, 9.17) is 37.8 Å². The molecule has 118 valence electrons. The van der Waals surface area contributed by atoms with Crippen molar-refractivity contribution in [2.75, 3.05) is 0 Å². The van der Waals surface area contributed by atoms with Crippen molar-refractivity contribution >= 4 is 35.4 Å². The lowest BCUT2D eigenvalue weighted by molar-refractivity contribution is 0.0420. The number of hydrogen-bond donors (Lipinski definition) is 1. The molecule has 1 unspecified atom stereocenters. The predicted octanol–water partition coefficient (Wildman–Crippen LogP) is 5.34. The van der Waals surface area contributed by atoms with Gasteiger partial charge in [0.1, 0.15) is 5.75 Å². The molecule has 6 heteroatoms. The van der Waals surface area contributed by atoms with Crippen LogP contribution in [0.15, 0.2) is 48.2 Å². The van der Waals surface area contributed by atoms with Gasteiger partial charge in [-0.05, 0) is 31.2 Å². The first kappa shape index (κ1) is 15.7. The van der Waals surface area contributed by atoms with Gasteiger partial charge in [0, 0.05) is 11.1 Å². The third kappa shape index (κ3) is 2.87. The van der Waals surface area contributed by atoms with E-state index in [-0.39, 0.29) is 5.76 Å². The lowest BCUT2D eigenvalue weighted by Crippen LogP contribution is -2.36. The molecule has 0 radical (unpaired) electrons. The molecular formula is C17H12Cl2O4. The second kappa shape index (κ2) is 5.80. The number of para-hydroxylation sites is 1. The first-order valence-corrected chi connectivity index (χ1v) is 7.52. The van der Waals surface area contributed by atoms with Crippen LogP contribution >= 0.6 is 23.2 Å². The van der Waals surface area contributed by atoms with Gasteiger partial charge in [0.05, 0.1) is 10.0 Å². The predicted molar refractivity (Wildman–Crippen MR) is 88.0 cm³/mol. The Bertz CT molecular complexity index is 816. The van der Waals surface area contributed by atoms with Gasteiger partial charge in [-0.15, -0.1) is 0 Å². The molecule has 0 amide bonds. The van der Waals surface area contributed by atoms with Crippen LogP contribution in [0.3, 0.4) is 0 Å². The molecule has 1 heterocycles. The molecule has 1 aliphatic rings. The van der Waals surface area contributed by atoms with E-state index >= 15 is 0 Å². The minimum atomic E-state index is -1.41. The molecule has 1 aliphatic heterocycles. The van der Waals surface area contributed by atoms with Crippen molar-refractivity contribution < 1.29 is 19.4 Å². The van der Waals surface area contributed by atoms with E-state index in [0.29, 0.717) is 21.4 Å². The van der Waals surface area contributed by atoms with E-state index in [0.717, 1.165) is 5.56 Å². The molecular weight excluding hydrogens is 339 g/mol. The molecule has 3 rings (SSSR count). The quantitative estimate of drug-likeness (QED) is 0.743. The summed E-state index contributed by atoms with van der Waals surface area (Å²) in [7, 11) is 0. The monoisotopic (exact) mass is 350 g/mol. The van der Waals surface area contributed by atoms with E-state index in [1.54, 1.807) is 37.3 Å². The lowest BCUT2D eigenvalue weighted by Gasteiger charge is -2.35. The van der Waals surface area contributed by atoms with Gasteiger partial charge in [-0.1, -0.05) is 47.5 Å². The van der Waals surface area contributed by atoms with E-state index < -0.39 is 11.8 Å². The number of carbonyl (C=O) groups is 1. The number of carboxylic acid groups (broad SMARTS) is 1. The summed E-state index contributed by atoms with van der Waals surface area (Å²) in [5, 5.41) is 9.78. The zero-order valence-electron chi connectivity index (χ0n) is 12.0. The van der Waals surface area contributed by atoms with Crippen LogP contribution in [0.25, 0.3) is 6.08 Å². The van der Waals surface area contributed by atoms with Crippen molar-refractivity contribution in [3.8, 4) is 5.75 Å². The highest BCUT2D eigenvalue weighted by Gasteiger charge is 2.40. The zero-order valence-corrected chi connectivity index (χ0v) is 13.6. The maximum Gasteiger partial charge on any atom is 0.511 e. The molecule has 23 heavy (non-hydrogen) atoms. The van der Waals surface area contributed by atoms with Crippen LogP contribution in [-0.4, -0.2) is 11.3 Å². The topological polar surface area (TPSA) is 55.8 Å². The van der Waals surface area contributed by atoms with Crippen molar-refractivity contribution in [3.05, 3.63) is 69.4 Å². The van der Waals surface area contributed by atoms with Gasteiger partial charge in [0.15, 0.2) is 11.4 Å².